The Morgan fingerprint density at radius 2 is 2.10 bits per heavy atom. The van der Waals surface area contributed by atoms with Gasteiger partial charge in [-0.25, -0.2) is 14.4 Å². The minimum absolute atomic E-state index is 0.522. The van der Waals surface area contributed by atoms with E-state index in [2.05, 4.69) is 55.4 Å². The second kappa shape index (κ2) is 5.88. The maximum atomic E-state index is 6.04. The van der Waals surface area contributed by atoms with Crippen LogP contribution in [-0.2, 0) is 6.42 Å². The van der Waals surface area contributed by atoms with Gasteiger partial charge in [0, 0.05) is 18.1 Å². The number of nitrogen functional groups attached to an aromatic ring is 1. The summed E-state index contributed by atoms with van der Waals surface area (Å²) in [6, 6.07) is 0. The maximum absolute atomic E-state index is 6.04. The first kappa shape index (κ1) is 14.7. The number of fused-ring (bicyclic) bond motifs is 1. The summed E-state index contributed by atoms with van der Waals surface area (Å²) in [7, 11) is 0. The summed E-state index contributed by atoms with van der Waals surface area (Å²) in [5.74, 6) is 0.575. The first-order chi connectivity index (χ1) is 10.1. The van der Waals surface area contributed by atoms with E-state index in [4.69, 9.17) is 5.73 Å². The Morgan fingerprint density at radius 3 is 2.76 bits per heavy atom. The number of nitrogens with zero attached hydrogens (tertiary/aromatic N) is 5. The quantitative estimate of drug-likeness (QED) is 0.526. The van der Waals surface area contributed by atoms with E-state index in [-0.39, 0.29) is 0 Å². The minimum Gasteiger partial charge on any atom is -0.396 e. The first-order valence-electron chi connectivity index (χ1n) is 6.62. The van der Waals surface area contributed by atoms with Crippen molar-refractivity contribution in [1.29, 1.82) is 0 Å². The standard InChI is InChI=1S/C13H16IN6P/c1-8(2)3-9-4-17-12-5-16-11(7-19(9)12)13-10(15)6-20(18-13)21-14/h4-8,21H,3,15H2,1-2H3. The van der Waals surface area contributed by atoms with Crippen LogP contribution in [0.5, 0.6) is 0 Å². The van der Waals surface area contributed by atoms with Crippen molar-refractivity contribution >= 4 is 39.7 Å². The average molecular weight is 414 g/mol. The Hall–Kier alpha value is -1.21. The maximum Gasteiger partial charge on any atom is 0.155 e. The molecule has 0 spiro atoms. The van der Waals surface area contributed by atoms with Gasteiger partial charge < -0.3 is 10.1 Å². The third-order valence-electron chi connectivity index (χ3n) is 3.16. The number of nitrogens with two attached hydrogens (primary N) is 1. The fraction of sp³-hybridized carbons (Fsp3) is 0.308. The van der Waals surface area contributed by atoms with Crippen LogP contribution in [0.15, 0.2) is 24.8 Å². The molecule has 2 N–H and O–H groups in total. The van der Waals surface area contributed by atoms with Crippen LogP contribution in [0.2, 0.25) is 0 Å². The third kappa shape index (κ3) is 2.89. The number of rotatable bonds is 4. The zero-order chi connectivity index (χ0) is 15.0. The van der Waals surface area contributed by atoms with E-state index in [1.807, 2.05) is 23.0 Å². The first-order valence-corrected chi connectivity index (χ1v) is 10.7. The lowest BCUT2D eigenvalue weighted by molar-refractivity contribution is 0.632. The normalized spacial score (nSPS) is 12.2. The van der Waals surface area contributed by atoms with E-state index in [0.29, 0.717) is 18.0 Å². The van der Waals surface area contributed by atoms with E-state index >= 15 is 0 Å². The Bertz CT molecular complexity index is 778. The zero-order valence-corrected chi connectivity index (χ0v) is 14.9. The molecule has 1 atom stereocenters. The molecule has 3 heterocycles. The lowest BCUT2D eigenvalue weighted by Gasteiger charge is -2.05. The van der Waals surface area contributed by atoms with Gasteiger partial charge in [-0.3, -0.25) is 0 Å². The van der Waals surface area contributed by atoms with Crippen LogP contribution in [0.4, 0.5) is 5.69 Å². The third-order valence-corrected chi connectivity index (χ3v) is 5.05. The topological polar surface area (TPSA) is 74.0 Å². The van der Waals surface area contributed by atoms with Gasteiger partial charge in [-0.2, -0.15) is 5.10 Å². The van der Waals surface area contributed by atoms with Crippen molar-refractivity contribution in [2.24, 2.45) is 5.92 Å². The monoisotopic (exact) mass is 414 g/mol. The van der Waals surface area contributed by atoms with Crippen molar-refractivity contribution in [1.82, 2.24) is 23.9 Å². The zero-order valence-electron chi connectivity index (χ0n) is 11.8. The fourth-order valence-corrected chi connectivity index (χ4v) is 3.33. The lowest BCUT2D eigenvalue weighted by atomic mass is 10.1. The van der Waals surface area contributed by atoms with Crippen LogP contribution < -0.4 is 5.73 Å². The highest BCUT2D eigenvalue weighted by Gasteiger charge is 2.13. The van der Waals surface area contributed by atoms with Crippen molar-refractivity contribution in [3.05, 3.63) is 30.5 Å². The van der Waals surface area contributed by atoms with E-state index in [9.17, 15) is 0 Å². The van der Waals surface area contributed by atoms with Gasteiger partial charge in [-0.1, -0.05) is 13.8 Å². The van der Waals surface area contributed by atoms with Crippen molar-refractivity contribution in [2.75, 3.05) is 5.73 Å². The number of hydrogen-bond donors (Lipinski definition) is 1. The second-order valence-electron chi connectivity index (χ2n) is 5.31. The molecule has 0 fully saturated rings. The average Bonchev–Trinajstić information content (AvgIpc) is 3.02. The summed E-state index contributed by atoms with van der Waals surface area (Å²) >= 11 is 2.27. The molecule has 3 rings (SSSR count). The van der Waals surface area contributed by atoms with Gasteiger partial charge in [0.2, 0.25) is 0 Å². The van der Waals surface area contributed by atoms with Gasteiger partial charge in [0.25, 0.3) is 0 Å². The molecule has 21 heavy (non-hydrogen) atoms. The summed E-state index contributed by atoms with van der Waals surface area (Å²) in [6.07, 6.45) is 8.99. The molecule has 0 saturated carbocycles. The SMILES string of the molecule is CC(C)Cc1cnc2cnc(-c3nn(PI)cc3N)cn12. The highest BCUT2D eigenvalue weighted by Crippen LogP contribution is 2.29. The van der Waals surface area contributed by atoms with Crippen LogP contribution in [-0.4, -0.2) is 23.9 Å². The van der Waals surface area contributed by atoms with Crippen LogP contribution in [0.3, 0.4) is 0 Å². The van der Waals surface area contributed by atoms with Crippen LogP contribution in [0.25, 0.3) is 17.0 Å². The number of anilines is 1. The molecule has 0 bridgehead atoms. The molecule has 0 amide bonds. The van der Waals surface area contributed by atoms with Gasteiger partial charge in [0.05, 0.1) is 24.5 Å². The predicted molar refractivity (Wildman–Crippen MR) is 94.9 cm³/mol. The Morgan fingerprint density at radius 1 is 1.29 bits per heavy atom. The van der Waals surface area contributed by atoms with E-state index in [1.165, 1.54) is 5.69 Å². The largest absolute Gasteiger partial charge is 0.396 e. The molecule has 110 valence electrons. The number of aromatic nitrogens is 5. The minimum atomic E-state index is 0.522. The number of hydrogen-bond acceptors (Lipinski definition) is 4. The smallest absolute Gasteiger partial charge is 0.155 e. The van der Waals surface area contributed by atoms with E-state index in [0.717, 1.165) is 23.5 Å². The van der Waals surface area contributed by atoms with Crippen LogP contribution >= 0.6 is 28.4 Å². The van der Waals surface area contributed by atoms with Crippen molar-refractivity contribution in [3.63, 3.8) is 0 Å². The molecule has 0 radical (unpaired) electrons. The predicted octanol–water partition coefficient (Wildman–Crippen LogP) is 3.17. The van der Waals surface area contributed by atoms with Gasteiger partial charge in [-0.15, -0.1) is 0 Å². The summed E-state index contributed by atoms with van der Waals surface area (Å²) in [6.45, 7) is 4.39. The number of halogens is 1. The van der Waals surface area contributed by atoms with Crippen LogP contribution in [0.1, 0.15) is 19.5 Å². The highest BCUT2D eigenvalue weighted by molar-refractivity contribution is 14.2. The summed E-state index contributed by atoms with van der Waals surface area (Å²) in [5.41, 5.74) is 10.2. The number of imidazole rings is 1. The van der Waals surface area contributed by atoms with Gasteiger partial charge in [-0.05, 0) is 34.4 Å². The molecule has 0 aromatic carbocycles. The van der Waals surface area contributed by atoms with E-state index < -0.39 is 0 Å². The molecule has 1 unspecified atom stereocenters. The molecule has 0 aliphatic rings. The summed E-state index contributed by atoms with van der Waals surface area (Å²) in [5, 5.41) is 4.48. The van der Waals surface area contributed by atoms with Crippen molar-refractivity contribution in [3.8, 4) is 11.4 Å². The molecule has 6 nitrogen and oxygen atoms in total. The van der Waals surface area contributed by atoms with Crippen molar-refractivity contribution < 1.29 is 0 Å². The molecule has 3 aromatic heterocycles. The molecule has 3 aromatic rings. The highest BCUT2D eigenvalue weighted by atomic mass is 127. The fourth-order valence-electron chi connectivity index (χ4n) is 2.26. The summed E-state index contributed by atoms with van der Waals surface area (Å²) < 4.78 is 3.91. The lowest BCUT2D eigenvalue weighted by Crippen LogP contribution is -2.00. The van der Waals surface area contributed by atoms with Gasteiger partial charge in [0.15, 0.2) is 5.65 Å². The Kier molecular flexibility index (Phi) is 4.12. The molecule has 8 heteroatoms. The molecule has 0 aliphatic heterocycles. The van der Waals surface area contributed by atoms with Crippen molar-refractivity contribution in [2.45, 2.75) is 20.3 Å². The molecule has 0 saturated heterocycles. The Labute approximate surface area is 137 Å². The molecule has 0 aliphatic carbocycles. The second-order valence-corrected chi connectivity index (χ2v) is 7.38. The molecular formula is C13H16IN6P. The van der Waals surface area contributed by atoms with E-state index in [1.54, 1.807) is 6.20 Å². The Balaban J connectivity index is 2.08. The van der Waals surface area contributed by atoms with Crippen LogP contribution in [0, 0.1) is 5.92 Å². The van der Waals surface area contributed by atoms with Gasteiger partial charge in [0.1, 0.15) is 11.4 Å². The molecular weight excluding hydrogens is 398 g/mol. The van der Waals surface area contributed by atoms with Gasteiger partial charge >= 0.3 is 0 Å². The summed E-state index contributed by atoms with van der Waals surface area (Å²) in [4.78, 5) is 8.83.